The molecule has 0 amide bonds. The molecule has 3 heterocycles. The lowest BCUT2D eigenvalue weighted by Gasteiger charge is -2.28. The SMILES string of the molecule is CS(=O)(=O)N[C@H]1CCC[C@@H](c2nnc3cnc4[nH]ccc4n23)C1. The maximum atomic E-state index is 11.5. The zero-order chi connectivity index (χ0) is 16.0. The fourth-order valence-electron chi connectivity index (χ4n) is 3.50. The van der Waals surface area contributed by atoms with E-state index in [4.69, 9.17) is 0 Å². The third kappa shape index (κ3) is 2.70. The van der Waals surface area contributed by atoms with E-state index >= 15 is 0 Å². The van der Waals surface area contributed by atoms with Gasteiger partial charge in [-0.25, -0.2) is 18.1 Å². The minimum absolute atomic E-state index is 0.0420. The maximum absolute atomic E-state index is 11.5. The number of fused-ring (bicyclic) bond motifs is 3. The first-order valence-electron chi connectivity index (χ1n) is 7.66. The van der Waals surface area contributed by atoms with E-state index in [1.165, 1.54) is 6.26 Å². The number of sulfonamides is 1. The predicted octanol–water partition coefficient (Wildman–Crippen LogP) is 1.18. The highest BCUT2D eigenvalue weighted by Gasteiger charge is 2.28. The zero-order valence-corrected chi connectivity index (χ0v) is 13.5. The van der Waals surface area contributed by atoms with Gasteiger partial charge < -0.3 is 4.98 Å². The van der Waals surface area contributed by atoms with Crippen LogP contribution in [-0.2, 0) is 10.0 Å². The van der Waals surface area contributed by atoms with Crippen LogP contribution in [0.1, 0.15) is 37.4 Å². The Balaban J connectivity index is 1.72. The Morgan fingerprint density at radius 2 is 2.22 bits per heavy atom. The fourth-order valence-corrected chi connectivity index (χ4v) is 4.32. The summed E-state index contributed by atoms with van der Waals surface area (Å²) in [5.74, 6) is 1.06. The van der Waals surface area contributed by atoms with Gasteiger partial charge in [0, 0.05) is 18.2 Å². The summed E-state index contributed by atoms with van der Waals surface area (Å²) in [7, 11) is -3.19. The van der Waals surface area contributed by atoms with Crippen molar-refractivity contribution in [2.75, 3.05) is 6.26 Å². The van der Waals surface area contributed by atoms with Gasteiger partial charge in [0.15, 0.2) is 11.3 Å². The van der Waals surface area contributed by atoms with Crippen molar-refractivity contribution in [2.24, 2.45) is 0 Å². The number of aromatic amines is 1. The highest BCUT2D eigenvalue weighted by molar-refractivity contribution is 7.88. The molecule has 0 unspecified atom stereocenters. The van der Waals surface area contributed by atoms with E-state index in [0.717, 1.165) is 42.7 Å². The molecule has 0 spiro atoms. The summed E-state index contributed by atoms with van der Waals surface area (Å²) in [5.41, 5.74) is 2.45. The van der Waals surface area contributed by atoms with Crippen molar-refractivity contribution < 1.29 is 8.42 Å². The van der Waals surface area contributed by atoms with Crippen molar-refractivity contribution >= 4 is 26.8 Å². The normalized spacial score (nSPS) is 22.8. The van der Waals surface area contributed by atoms with Crippen molar-refractivity contribution in [1.29, 1.82) is 0 Å². The smallest absolute Gasteiger partial charge is 0.208 e. The molecule has 0 bridgehead atoms. The Bertz CT molecular complexity index is 960. The van der Waals surface area contributed by atoms with Crippen molar-refractivity contribution in [3.63, 3.8) is 0 Å². The summed E-state index contributed by atoms with van der Waals surface area (Å²) >= 11 is 0. The van der Waals surface area contributed by atoms with Gasteiger partial charge in [-0.3, -0.25) is 4.40 Å². The largest absolute Gasteiger partial charge is 0.345 e. The standard InChI is InChI=1S/C14H18N6O2S/c1-23(21,22)19-10-4-2-3-9(7-10)14-18-17-12-8-16-13-11(20(12)14)5-6-15-13/h5-6,8-10,15,19H,2-4,7H2,1H3/t9-,10+/m1/s1. The van der Waals surface area contributed by atoms with Gasteiger partial charge in [0.05, 0.1) is 18.0 Å². The van der Waals surface area contributed by atoms with Gasteiger partial charge in [-0.15, -0.1) is 10.2 Å². The molecular formula is C14H18N6O2S. The molecule has 2 atom stereocenters. The number of nitrogens with one attached hydrogen (secondary N) is 2. The lowest BCUT2D eigenvalue weighted by atomic mass is 9.85. The highest BCUT2D eigenvalue weighted by Crippen LogP contribution is 2.33. The number of hydrogen-bond donors (Lipinski definition) is 2. The lowest BCUT2D eigenvalue weighted by molar-refractivity contribution is 0.361. The summed E-state index contributed by atoms with van der Waals surface area (Å²) in [5, 5.41) is 8.58. The average molecular weight is 334 g/mol. The molecule has 8 nitrogen and oxygen atoms in total. The zero-order valence-electron chi connectivity index (χ0n) is 12.7. The quantitative estimate of drug-likeness (QED) is 0.748. The molecule has 9 heteroatoms. The molecular weight excluding hydrogens is 316 g/mol. The fraction of sp³-hybridized carbons (Fsp3) is 0.500. The second-order valence-corrected chi connectivity index (χ2v) is 7.95. The van der Waals surface area contributed by atoms with Gasteiger partial charge in [-0.05, 0) is 25.3 Å². The Morgan fingerprint density at radius 1 is 1.35 bits per heavy atom. The van der Waals surface area contributed by atoms with Crippen LogP contribution in [0.2, 0.25) is 0 Å². The highest BCUT2D eigenvalue weighted by atomic mass is 32.2. The van der Waals surface area contributed by atoms with E-state index in [9.17, 15) is 8.42 Å². The van der Waals surface area contributed by atoms with Crippen LogP contribution in [0.4, 0.5) is 0 Å². The number of H-pyrrole nitrogens is 1. The van der Waals surface area contributed by atoms with E-state index in [1.807, 2.05) is 16.7 Å². The predicted molar refractivity (Wildman–Crippen MR) is 85.6 cm³/mol. The number of aromatic nitrogens is 5. The third-order valence-corrected chi connectivity index (χ3v) is 5.15. The van der Waals surface area contributed by atoms with Crippen LogP contribution in [0.15, 0.2) is 18.5 Å². The topological polar surface area (TPSA) is 105 Å². The molecule has 1 saturated carbocycles. The molecule has 0 radical (unpaired) electrons. The van der Waals surface area contributed by atoms with Crippen LogP contribution in [0, 0.1) is 0 Å². The molecule has 1 aliphatic carbocycles. The molecule has 0 aromatic carbocycles. The van der Waals surface area contributed by atoms with Crippen LogP contribution >= 0.6 is 0 Å². The van der Waals surface area contributed by atoms with Gasteiger partial charge in [0.1, 0.15) is 5.82 Å². The molecule has 0 saturated heterocycles. The molecule has 23 heavy (non-hydrogen) atoms. The van der Waals surface area contributed by atoms with Gasteiger partial charge in [0.25, 0.3) is 0 Å². The van der Waals surface area contributed by atoms with Crippen LogP contribution < -0.4 is 4.72 Å². The summed E-state index contributed by atoms with van der Waals surface area (Å²) in [6.45, 7) is 0. The van der Waals surface area contributed by atoms with Gasteiger partial charge in [-0.2, -0.15) is 0 Å². The molecule has 3 aromatic heterocycles. The second-order valence-electron chi connectivity index (χ2n) is 6.17. The van der Waals surface area contributed by atoms with Crippen LogP contribution in [-0.4, -0.2) is 45.3 Å². The lowest BCUT2D eigenvalue weighted by Crippen LogP contribution is -2.37. The summed E-state index contributed by atoms with van der Waals surface area (Å²) < 4.78 is 27.7. The molecule has 3 aromatic rings. The van der Waals surface area contributed by atoms with Crippen molar-refractivity contribution in [3.05, 3.63) is 24.3 Å². The number of rotatable bonds is 3. The number of hydrogen-bond acceptors (Lipinski definition) is 5. The molecule has 1 aliphatic rings. The minimum Gasteiger partial charge on any atom is -0.345 e. The molecule has 0 aliphatic heterocycles. The Hall–Kier alpha value is -2.00. The summed E-state index contributed by atoms with van der Waals surface area (Å²) in [6.07, 6.45) is 8.30. The van der Waals surface area contributed by atoms with E-state index < -0.39 is 10.0 Å². The average Bonchev–Trinajstić information content (AvgIpc) is 3.11. The van der Waals surface area contributed by atoms with E-state index in [1.54, 1.807) is 6.20 Å². The van der Waals surface area contributed by atoms with Gasteiger partial charge in [0.2, 0.25) is 10.0 Å². The van der Waals surface area contributed by atoms with Crippen molar-refractivity contribution in [3.8, 4) is 0 Å². The minimum atomic E-state index is -3.19. The van der Waals surface area contributed by atoms with E-state index in [2.05, 4.69) is 24.9 Å². The first-order valence-corrected chi connectivity index (χ1v) is 9.55. The third-order valence-electron chi connectivity index (χ3n) is 4.39. The Labute approximate surface area is 133 Å². The van der Waals surface area contributed by atoms with Crippen molar-refractivity contribution in [2.45, 2.75) is 37.6 Å². The van der Waals surface area contributed by atoms with E-state index in [0.29, 0.717) is 5.65 Å². The molecule has 1 fully saturated rings. The first kappa shape index (κ1) is 14.6. The molecule has 4 rings (SSSR count). The van der Waals surface area contributed by atoms with Gasteiger partial charge in [-0.1, -0.05) is 6.42 Å². The summed E-state index contributed by atoms with van der Waals surface area (Å²) in [6, 6.07) is 1.91. The van der Waals surface area contributed by atoms with Crippen LogP contribution in [0.5, 0.6) is 0 Å². The molecule has 2 N–H and O–H groups in total. The monoisotopic (exact) mass is 334 g/mol. The van der Waals surface area contributed by atoms with Gasteiger partial charge >= 0.3 is 0 Å². The maximum Gasteiger partial charge on any atom is 0.208 e. The molecule has 122 valence electrons. The second kappa shape index (κ2) is 5.27. The van der Waals surface area contributed by atoms with Crippen molar-refractivity contribution in [1.82, 2.24) is 29.3 Å². The Morgan fingerprint density at radius 3 is 3.04 bits per heavy atom. The first-order chi connectivity index (χ1) is 11.0. The van der Waals surface area contributed by atoms with Crippen LogP contribution in [0.3, 0.4) is 0 Å². The van der Waals surface area contributed by atoms with Crippen LogP contribution in [0.25, 0.3) is 16.8 Å². The Kier molecular flexibility index (Phi) is 3.34. The van der Waals surface area contributed by atoms with E-state index in [-0.39, 0.29) is 12.0 Å². The summed E-state index contributed by atoms with van der Waals surface area (Å²) in [4.78, 5) is 7.41. The number of nitrogens with zero attached hydrogens (tertiary/aromatic N) is 4.